The van der Waals surface area contributed by atoms with Crippen molar-refractivity contribution in [2.45, 2.75) is 19.4 Å². The molecule has 1 aliphatic heterocycles. The summed E-state index contributed by atoms with van der Waals surface area (Å²) in [6, 6.07) is 2.21. The number of carbonyl (C=O) groups excluding carboxylic acids is 1. The first kappa shape index (κ1) is 13.4. The molecule has 1 aliphatic rings. The van der Waals surface area contributed by atoms with E-state index in [4.69, 9.17) is 4.74 Å². The average molecular weight is 320 g/mol. The summed E-state index contributed by atoms with van der Waals surface area (Å²) in [7, 11) is 0. The molecule has 0 aromatic heterocycles. The SMILES string of the molecule is CC1OCCC1C(=O)Nc1c(F)cc(Br)cc1F. The number of halogens is 3. The Morgan fingerprint density at radius 1 is 1.44 bits per heavy atom. The maximum absolute atomic E-state index is 13.5. The Bertz CT molecular complexity index is 458. The van der Waals surface area contributed by atoms with Crippen molar-refractivity contribution in [2.75, 3.05) is 11.9 Å². The molecule has 2 atom stereocenters. The molecule has 1 N–H and O–H groups in total. The number of rotatable bonds is 2. The van der Waals surface area contributed by atoms with E-state index in [1.807, 2.05) is 0 Å². The van der Waals surface area contributed by atoms with Crippen molar-refractivity contribution in [3.05, 3.63) is 28.2 Å². The van der Waals surface area contributed by atoms with Crippen LogP contribution >= 0.6 is 15.9 Å². The van der Waals surface area contributed by atoms with Gasteiger partial charge >= 0.3 is 0 Å². The van der Waals surface area contributed by atoms with Crippen molar-refractivity contribution in [1.82, 2.24) is 0 Å². The highest BCUT2D eigenvalue weighted by Crippen LogP contribution is 2.26. The molecule has 6 heteroatoms. The van der Waals surface area contributed by atoms with E-state index in [-0.39, 0.29) is 16.5 Å². The predicted octanol–water partition coefficient (Wildman–Crippen LogP) is 3.09. The van der Waals surface area contributed by atoms with Crippen molar-refractivity contribution in [2.24, 2.45) is 5.92 Å². The molecule has 18 heavy (non-hydrogen) atoms. The number of benzene rings is 1. The van der Waals surface area contributed by atoms with Crippen LogP contribution in [-0.4, -0.2) is 18.6 Å². The first-order chi connectivity index (χ1) is 8.49. The van der Waals surface area contributed by atoms with Crippen LogP contribution < -0.4 is 5.32 Å². The minimum absolute atomic E-state index is 0.230. The molecule has 98 valence electrons. The monoisotopic (exact) mass is 319 g/mol. The minimum atomic E-state index is -0.804. The molecule has 1 aromatic rings. The van der Waals surface area contributed by atoms with Gasteiger partial charge in [0.2, 0.25) is 5.91 Å². The van der Waals surface area contributed by atoms with Gasteiger partial charge in [-0.3, -0.25) is 4.79 Å². The molecule has 2 rings (SSSR count). The molecular formula is C12H12BrF2NO2. The average Bonchev–Trinajstić information content (AvgIpc) is 2.69. The van der Waals surface area contributed by atoms with Gasteiger partial charge in [-0.15, -0.1) is 0 Å². The molecule has 0 aliphatic carbocycles. The Kier molecular flexibility index (Phi) is 3.97. The standard InChI is InChI=1S/C12H12BrF2NO2/c1-6-8(2-3-18-6)12(17)16-11-9(14)4-7(13)5-10(11)15/h4-6,8H,2-3H2,1H3,(H,16,17). The van der Waals surface area contributed by atoms with E-state index in [9.17, 15) is 13.6 Å². The Morgan fingerprint density at radius 3 is 2.56 bits per heavy atom. The highest BCUT2D eigenvalue weighted by molar-refractivity contribution is 9.10. The highest BCUT2D eigenvalue weighted by atomic mass is 79.9. The summed E-state index contributed by atoms with van der Waals surface area (Å²) in [5.41, 5.74) is -0.415. The fourth-order valence-corrected chi connectivity index (χ4v) is 2.36. The van der Waals surface area contributed by atoms with E-state index in [2.05, 4.69) is 21.2 Å². The lowest BCUT2D eigenvalue weighted by atomic mass is 10.0. The van der Waals surface area contributed by atoms with Crippen LogP contribution in [0.25, 0.3) is 0 Å². The summed E-state index contributed by atoms with van der Waals surface area (Å²) in [5, 5.41) is 2.29. The molecule has 0 spiro atoms. The predicted molar refractivity (Wildman–Crippen MR) is 66.2 cm³/mol. The Balaban J connectivity index is 2.17. The van der Waals surface area contributed by atoms with Crippen LogP contribution in [-0.2, 0) is 9.53 Å². The number of ether oxygens (including phenoxy) is 1. The summed E-state index contributed by atoms with van der Waals surface area (Å²) >= 11 is 2.98. The minimum Gasteiger partial charge on any atom is -0.378 e. The smallest absolute Gasteiger partial charge is 0.230 e. The third-order valence-corrected chi connectivity index (χ3v) is 3.43. The normalized spacial score (nSPS) is 23.1. The van der Waals surface area contributed by atoms with Crippen molar-refractivity contribution >= 4 is 27.5 Å². The molecular weight excluding hydrogens is 308 g/mol. The lowest BCUT2D eigenvalue weighted by molar-refractivity contribution is -0.121. The Hall–Kier alpha value is -1.01. The van der Waals surface area contributed by atoms with E-state index in [0.717, 1.165) is 12.1 Å². The summed E-state index contributed by atoms with van der Waals surface area (Å²) < 4.78 is 32.6. The number of nitrogens with one attached hydrogen (secondary N) is 1. The molecule has 1 saturated heterocycles. The number of anilines is 1. The van der Waals surface area contributed by atoms with E-state index in [1.165, 1.54) is 0 Å². The maximum atomic E-state index is 13.5. The molecule has 1 heterocycles. The largest absolute Gasteiger partial charge is 0.378 e. The quantitative estimate of drug-likeness (QED) is 0.909. The summed E-state index contributed by atoms with van der Waals surface area (Å²) in [6.45, 7) is 2.26. The second-order valence-corrected chi connectivity index (χ2v) is 5.12. The second kappa shape index (κ2) is 5.32. The third kappa shape index (κ3) is 2.70. The topological polar surface area (TPSA) is 38.3 Å². The molecule has 1 amide bonds. The first-order valence-corrected chi connectivity index (χ1v) is 6.35. The zero-order valence-corrected chi connectivity index (χ0v) is 11.3. The zero-order chi connectivity index (χ0) is 13.3. The van der Waals surface area contributed by atoms with Crippen molar-refractivity contribution in [3.8, 4) is 0 Å². The number of hydrogen-bond acceptors (Lipinski definition) is 2. The van der Waals surface area contributed by atoms with Crippen LogP contribution in [0.1, 0.15) is 13.3 Å². The van der Waals surface area contributed by atoms with Crippen LogP contribution in [0.4, 0.5) is 14.5 Å². The van der Waals surface area contributed by atoms with Crippen molar-refractivity contribution < 1.29 is 18.3 Å². The number of amides is 1. The second-order valence-electron chi connectivity index (χ2n) is 4.20. The highest BCUT2D eigenvalue weighted by Gasteiger charge is 2.31. The maximum Gasteiger partial charge on any atom is 0.230 e. The molecule has 0 saturated carbocycles. The first-order valence-electron chi connectivity index (χ1n) is 5.56. The van der Waals surface area contributed by atoms with Gasteiger partial charge in [-0.25, -0.2) is 8.78 Å². The van der Waals surface area contributed by atoms with Gasteiger partial charge in [0.15, 0.2) is 11.6 Å². The Morgan fingerprint density at radius 2 is 2.06 bits per heavy atom. The van der Waals surface area contributed by atoms with E-state index in [1.54, 1.807) is 6.92 Å². The fraction of sp³-hybridized carbons (Fsp3) is 0.417. The van der Waals surface area contributed by atoms with Crippen molar-refractivity contribution in [3.63, 3.8) is 0 Å². The molecule has 2 unspecified atom stereocenters. The van der Waals surface area contributed by atoms with Crippen LogP contribution in [0.15, 0.2) is 16.6 Å². The summed E-state index contributed by atoms with van der Waals surface area (Å²) in [6.07, 6.45) is 0.332. The van der Waals surface area contributed by atoms with Gasteiger partial charge in [-0.05, 0) is 25.5 Å². The molecule has 0 radical (unpaired) electrons. The van der Waals surface area contributed by atoms with Gasteiger partial charge in [-0.1, -0.05) is 15.9 Å². The molecule has 1 aromatic carbocycles. The van der Waals surface area contributed by atoms with Crippen molar-refractivity contribution in [1.29, 1.82) is 0 Å². The van der Waals surface area contributed by atoms with Gasteiger partial charge in [-0.2, -0.15) is 0 Å². The van der Waals surface area contributed by atoms with Crippen LogP contribution in [0.3, 0.4) is 0 Å². The van der Waals surface area contributed by atoms with Gasteiger partial charge in [0.1, 0.15) is 5.69 Å². The van der Waals surface area contributed by atoms with Crippen LogP contribution in [0.2, 0.25) is 0 Å². The van der Waals surface area contributed by atoms with Crippen LogP contribution in [0.5, 0.6) is 0 Å². The number of hydrogen-bond donors (Lipinski definition) is 1. The van der Waals surface area contributed by atoms with E-state index in [0.29, 0.717) is 13.0 Å². The van der Waals surface area contributed by atoms with Gasteiger partial charge in [0.05, 0.1) is 12.0 Å². The summed E-state index contributed by atoms with van der Waals surface area (Å²) in [5.74, 6) is -2.39. The number of carbonyl (C=O) groups is 1. The molecule has 1 fully saturated rings. The fourth-order valence-electron chi connectivity index (χ4n) is 1.95. The van der Waals surface area contributed by atoms with Crippen LogP contribution in [0, 0.1) is 17.6 Å². The third-order valence-electron chi connectivity index (χ3n) is 2.97. The Labute approximate surface area is 112 Å². The molecule has 3 nitrogen and oxygen atoms in total. The van der Waals surface area contributed by atoms with Gasteiger partial charge < -0.3 is 10.1 Å². The molecule has 0 bridgehead atoms. The van der Waals surface area contributed by atoms with Gasteiger partial charge in [0, 0.05) is 11.1 Å². The van der Waals surface area contributed by atoms with E-state index < -0.39 is 23.2 Å². The van der Waals surface area contributed by atoms with E-state index >= 15 is 0 Å². The lowest BCUT2D eigenvalue weighted by Gasteiger charge is -2.15. The zero-order valence-electron chi connectivity index (χ0n) is 9.67. The summed E-state index contributed by atoms with van der Waals surface area (Å²) in [4.78, 5) is 11.9. The lowest BCUT2D eigenvalue weighted by Crippen LogP contribution is -2.28. The van der Waals surface area contributed by atoms with Gasteiger partial charge in [0.25, 0.3) is 0 Å².